The first-order valence-electron chi connectivity index (χ1n) is 9.17. The topological polar surface area (TPSA) is 126 Å². The smallest absolute Gasteiger partial charge is 0.270 e. The van der Waals surface area contributed by atoms with Gasteiger partial charge in [0.05, 0.1) is 16.4 Å². The second kappa shape index (κ2) is 12.5. The molecule has 12 heteroatoms. The second-order valence-corrected chi connectivity index (χ2v) is 9.33. The van der Waals surface area contributed by atoms with Gasteiger partial charge in [-0.2, -0.15) is 11.8 Å². The van der Waals surface area contributed by atoms with Crippen molar-refractivity contribution in [1.82, 2.24) is 15.4 Å². The first-order valence-corrected chi connectivity index (χ1v) is 11.9. The molecule has 1 saturated carbocycles. The molecule has 2 atom stereocenters. The van der Waals surface area contributed by atoms with Crippen LogP contribution in [0.1, 0.15) is 26.2 Å². The van der Waals surface area contributed by atoms with E-state index in [4.69, 9.17) is 0 Å². The van der Waals surface area contributed by atoms with Crippen molar-refractivity contribution in [2.75, 3.05) is 25.9 Å². The Hall–Kier alpha value is -1.12. The number of aliphatic imine (C=N–C) groups is 1. The van der Waals surface area contributed by atoms with Crippen LogP contribution in [0.15, 0.2) is 34.2 Å². The van der Waals surface area contributed by atoms with Gasteiger partial charge >= 0.3 is 0 Å². The number of thioether (sulfide) groups is 1. The highest BCUT2D eigenvalue weighted by Crippen LogP contribution is 2.28. The van der Waals surface area contributed by atoms with E-state index in [0.29, 0.717) is 23.8 Å². The van der Waals surface area contributed by atoms with Crippen molar-refractivity contribution in [2.24, 2.45) is 4.99 Å². The molecule has 1 aromatic carbocycles. The van der Waals surface area contributed by atoms with E-state index in [0.717, 1.165) is 18.9 Å². The van der Waals surface area contributed by atoms with Crippen LogP contribution in [0.25, 0.3) is 0 Å². The minimum Gasteiger partial charge on any atom is -0.357 e. The molecule has 1 aliphatic carbocycles. The van der Waals surface area contributed by atoms with Gasteiger partial charge < -0.3 is 10.6 Å². The summed E-state index contributed by atoms with van der Waals surface area (Å²) < 4.78 is 27.1. The van der Waals surface area contributed by atoms with Gasteiger partial charge in [0.25, 0.3) is 5.69 Å². The molecule has 9 nitrogen and oxygen atoms in total. The van der Waals surface area contributed by atoms with Crippen LogP contribution in [0.3, 0.4) is 0 Å². The van der Waals surface area contributed by atoms with Crippen LogP contribution in [0, 0.1) is 10.1 Å². The van der Waals surface area contributed by atoms with Crippen molar-refractivity contribution in [3.8, 4) is 0 Å². The Morgan fingerprint density at radius 3 is 2.76 bits per heavy atom. The number of hydrogen-bond acceptors (Lipinski definition) is 6. The van der Waals surface area contributed by atoms with Crippen LogP contribution in [0.2, 0.25) is 0 Å². The maximum absolute atomic E-state index is 12.3. The van der Waals surface area contributed by atoms with E-state index in [1.807, 2.05) is 18.7 Å². The van der Waals surface area contributed by atoms with Gasteiger partial charge in [0, 0.05) is 36.5 Å². The molecule has 0 bridgehead atoms. The van der Waals surface area contributed by atoms with Gasteiger partial charge in [-0.15, -0.1) is 24.0 Å². The summed E-state index contributed by atoms with van der Waals surface area (Å²) in [6.45, 7) is 3.04. The van der Waals surface area contributed by atoms with E-state index in [1.165, 1.54) is 24.6 Å². The van der Waals surface area contributed by atoms with Crippen molar-refractivity contribution in [3.05, 3.63) is 34.4 Å². The van der Waals surface area contributed by atoms with E-state index in [1.54, 1.807) is 0 Å². The lowest BCUT2D eigenvalue weighted by Crippen LogP contribution is -2.43. The fourth-order valence-corrected chi connectivity index (χ4v) is 4.85. The number of rotatable bonds is 9. The van der Waals surface area contributed by atoms with E-state index < -0.39 is 14.9 Å². The number of benzene rings is 1. The molecule has 2 rings (SSSR count). The molecular weight excluding hydrogens is 529 g/mol. The summed E-state index contributed by atoms with van der Waals surface area (Å²) in [6, 6.07) is 5.34. The molecule has 1 fully saturated rings. The van der Waals surface area contributed by atoms with Crippen LogP contribution < -0.4 is 15.4 Å². The van der Waals surface area contributed by atoms with Crippen molar-refractivity contribution < 1.29 is 13.3 Å². The number of non-ortho nitro benzene ring substituents is 1. The number of nitrogens with zero attached hydrogens (tertiary/aromatic N) is 2. The summed E-state index contributed by atoms with van der Waals surface area (Å²) in [5.74, 6) is 0.670. The first kappa shape index (κ1) is 25.9. The van der Waals surface area contributed by atoms with Gasteiger partial charge in [-0.25, -0.2) is 13.1 Å². The lowest BCUT2D eigenvalue weighted by molar-refractivity contribution is -0.385. The third kappa shape index (κ3) is 8.26. The van der Waals surface area contributed by atoms with Gasteiger partial charge in [0.1, 0.15) is 0 Å². The maximum Gasteiger partial charge on any atom is 0.270 e. The minimum atomic E-state index is -3.83. The van der Waals surface area contributed by atoms with Gasteiger partial charge in [-0.1, -0.05) is 6.07 Å². The van der Waals surface area contributed by atoms with E-state index in [-0.39, 0.29) is 47.6 Å². The highest BCUT2D eigenvalue weighted by molar-refractivity contribution is 14.0. The molecular formula is C17H28IN5O4S2. The molecule has 2 unspecified atom stereocenters. The zero-order valence-corrected chi connectivity index (χ0v) is 20.4. The van der Waals surface area contributed by atoms with Crippen LogP contribution in [0.4, 0.5) is 5.69 Å². The van der Waals surface area contributed by atoms with Gasteiger partial charge in [-0.3, -0.25) is 15.1 Å². The number of nitrogens with one attached hydrogen (secondary N) is 3. The fourth-order valence-electron chi connectivity index (χ4n) is 2.99. The molecule has 0 spiro atoms. The number of hydrogen-bond donors (Lipinski definition) is 3. The Morgan fingerprint density at radius 2 is 2.14 bits per heavy atom. The van der Waals surface area contributed by atoms with Crippen LogP contribution in [-0.4, -0.2) is 56.5 Å². The van der Waals surface area contributed by atoms with Crippen LogP contribution in [-0.2, 0) is 10.0 Å². The fraction of sp³-hybridized carbons (Fsp3) is 0.588. The third-order valence-electron chi connectivity index (χ3n) is 4.42. The molecule has 3 N–H and O–H groups in total. The Balaban J connectivity index is 0.00000420. The SMILES string of the molecule is CCNC(=NCCNS(=O)(=O)c1cccc([N+](=O)[O-])c1)NC1CCC(SC)C1.I. The van der Waals surface area contributed by atoms with Crippen molar-refractivity contribution >= 4 is 57.4 Å². The largest absolute Gasteiger partial charge is 0.357 e. The summed E-state index contributed by atoms with van der Waals surface area (Å²) in [4.78, 5) is 14.5. The average molecular weight is 557 g/mol. The number of sulfonamides is 1. The summed E-state index contributed by atoms with van der Waals surface area (Å²) in [5.41, 5.74) is -0.264. The molecule has 0 amide bonds. The van der Waals surface area contributed by atoms with Gasteiger partial charge in [-0.05, 0) is 38.5 Å². The van der Waals surface area contributed by atoms with E-state index in [2.05, 4.69) is 26.6 Å². The molecule has 1 aromatic rings. The minimum absolute atomic E-state index is 0. The number of halogens is 1. The molecule has 0 radical (unpaired) electrons. The molecule has 0 saturated heterocycles. The lowest BCUT2D eigenvalue weighted by atomic mass is 10.2. The molecule has 29 heavy (non-hydrogen) atoms. The van der Waals surface area contributed by atoms with Crippen LogP contribution >= 0.6 is 35.7 Å². The zero-order chi connectivity index (χ0) is 20.6. The molecule has 1 aliphatic rings. The molecule has 164 valence electrons. The van der Waals surface area contributed by atoms with E-state index >= 15 is 0 Å². The highest BCUT2D eigenvalue weighted by atomic mass is 127. The Morgan fingerprint density at radius 1 is 1.38 bits per heavy atom. The predicted octanol–water partition coefficient (Wildman–Crippen LogP) is 2.33. The van der Waals surface area contributed by atoms with Gasteiger partial charge in [0.2, 0.25) is 10.0 Å². The Bertz CT molecular complexity index is 807. The lowest BCUT2D eigenvalue weighted by Gasteiger charge is -2.17. The van der Waals surface area contributed by atoms with Crippen molar-refractivity contribution in [3.63, 3.8) is 0 Å². The highest BCUT2D eigenvalue weighted by Gasteiger charge is 2.24. The predicted molar refractivity (Wildman–Crippen MR) is 128 cm³/mol. The van der Waals surface area contributed by atoms with E-state index in [9.17, 15) is 18.5 Å². The first-order chi connectivity index (χ1) is 13.4. The van der Waals surface area contributed by atoms with Crippen molar-refractivity contribution in [1.29, 1.82) is 0 Å². The summed E-state index contributed by atoms with van der Waals surface area (Å²) in [5, 5.41) is 18.1. The van der Waals surface area contributed by atoms with Crippen molar-refractivity contribution in [2.45, 2.75) is 42.4 Å². The number of nitro benzene ring substituents is 1. The summed E-state index contributed by atoms with van der Waals surface area (Å²) >= 11 is 1.88. The second-order valence-electron chi connectivity index (χ2n) is 6.42. The third-order valence-corrected chi connectivity index (χ3v) is 6.97. The quantitative estimate of drug-likeness (QED) is 0.106. The summed E-state index contributed by atoms with van der Waals surface area (Å²) in [6.07, 6.45) is 5.49. The average Bonchev–Trinajstić information content (AvgIpc) is 3.13. The standard InChI is InChI=1S/C17H27N5O4S2.HI/c1-3-18-17(21-13-7-8-15(11-13)27-2)19-9-10-20-28(25,26)16-6-4-5-14(12-16)22(23)24;/h4-6,12-13,15,20H,3,7-11H2,1-2H3,(H2,18,19,21);1H. The summed E-state index contributed by atoms with van der Waals surface area (Å²) in [7, 11) is -3.83. The Kier molecular flexibility index (Phi) is 11.2. The number of guanidine groups is 1. The normalized spacial score (nSPS) is 19.4. The zero-order valence-electron chi connectivity index (χ0n) is 16.5. The number of nitro groups is 1. The molecule has 0 aromatic heterocycles. The maximum atomic E-state index is 12.3. The molecule has 0 heterocycles. The molecule has 0 aliphatic heterocycles. The monoisotopic (exact) mass is 557 g/mol. The van der Waals surface area contributed by atoms with Crippen LogP contribution in [0.5, 0.6) is 0 Å². The van der Waals surface area contributed by atoms with Gasteiger partial charge in [0.15, 0.2) is 5.96 Å². The Labute approximate surface area is 193 Å².